The first-order chi connectivity index (χ1) is 10.5. The van der Waals surface area contributed by atoms with Crippen molar-refractivity contribution in [2.75, 3.05) is 6.67 Å². The van der Waals surface area contributed by atoms with E-state index in [4.69, 9.17) is 4.74 Å². The maximum absolute atomic E-state index is 12.7. The number of benzene rings is 1. The summed E-state index contributed by atoms with van der Waals surface area (Å²) in [6, 6.07) is 6.01. The van der Waals surface area contributed by atoms with Gasteiger partial charge in [0, 0.05) is 16.5 Å². The van der Waals surface area contributed by atoms with Crippen molar-refractivity contribution in [1.29, 1.82) is 0 Å². The first-order valence-electron chi connectivity index (χ1n) is 8.05. The van der Waals surface area contributed by atoms with E-state index in [1.54, 1.807) is 0 Å². The van der Waals surface area contributed by atoms with Crippen molar-refractivity contribution in [3.05, 3.63) is 28.2 Å². The Morgan fingerprint density at radius 1 is 1.41 bits per heavy atom. The molecule has 2 heterocycles. The predicted molar refractivity (Wildman–Crippen MR) is 87.6 cm³/mol. The number of carbonyl (C=O) groups excluding carboxylic acids is 1. The number of amides is 1. The molecule has 2 N–H and O–H groups in total. The Kier molecular flexibility index (Phi) is 3.28. The highest BCUT2D eigenvalue weighted by molar-refractivity contribution is 9.10. The van der Waals surface area contributed by atoms with Crippen LogP contribution in [0.3, 0.4) is 0 Å². The molecular formula is C17H21BrN2O2. The molecule has 2 fully saturated rings. The Morgan fingerprint density at radius 3 is 3.00 bits per heavy atom. The molecule has 22 heavy (non-hydrogen) atoms. The molecule has 2 aliphatic heterocycles. The normalized spacial score (nSPS) is 37.0. The largest absolute Gasteiger partial charge is 0.487 e. The number of ether oxygens (including phenoxy) is 1. The van der Waals surface area contributed by atoms with E-state index in [1.165, 1.54) is 12.8 Å². The number of hydrogen-bond donors (Lipinski definition) is 2. The molecule has 1 aromatic rings. The van der Waals surface area contributed by atoms with Crippen molar-refractivity contribution < 1.29 is 9.53 Å². The van der Waals surface area contributed by atoms with E-state index in [1.807, 2.05) is 18.2 Å². The third-order valence-corrected chi connectivity index (χ3v) is 5.88. The van der Waals surface area contributed by atoms with Crippen LogP contribution in [0.4, 0.5) is 0 Å². The third kappa shape index (κ3) is 2.09. The second-order valence-electron chi connectivity index (χ2n) is 7.07. The lowest BCUT2D eigenvalue weighted by Crippen LogP contribution is -2.56. The third-order valence-electron chi connectivity index (χ3n) is 5.39. The molecule has 1 amide bonds. The molecule has 1 saturated carbocycles. The summed E-state index contributed by atoms with van der Waals surface area (Å²) in [6.07, 6.45) is 5.21. The van der Waals surface area contributed by atoms with Gasteiger partial charge in [-0.3, -0.25) is 10.1 Å². The zero-order valence-electron chi connectivity index (χ0n) is 12.7. The average molecular weight is 365 g/mol. The van der Waals surface area contributed by atoms with Crippen LogP contribution in [0.15, 0.2) is 22.7 Å². The van der Waals surface area contributed by atoms with Crippen molar-refractivity contribution in [1.82, 2.24) is 10.6 Å². The molecule has 3 unspecified atom stereocenters. The van der Waals surface area contributed by atoms with E-state index in [9.17, 15) is 4.79 Å². The van der Waals surface area contributed by atoms with Crippen LogP contribution in [0.2, 0.25) is 0 Å². The number of hydrogen-bond acceptors (Lipinski definition) is 3. The average Bonchev–Trinajstić information content (AvgIpc) is 2.81. The van der Waals surface area contributed by atoms with Gasteiger partial charge < -0.3 is 10.1 Å². The lowest BCUT2D eigenvalue weighted by molar-refractivity contribution is -0.129. The van der Waals surface area contributed by atoms with Gasteiger partial charge in [-0.1, -0.05) is 29.3 Å². The summed E-state index contributed by atoms with van der Waals surface area (Å²) in [5.74, 6) is 1.58. The molecular weight excluding hydrogens is 344 g/mol. The molecule has 0 bridgehead atoms. The first-order valence-corrected chi connectivity index (χ1v) is 8.85. The van der Waals surface area contributed by atoms with E-state index >= 15 is 0 Å². The molecule has 1 aromatic carbocycles. The van der Waals surface area contributed by atoms with Crippen molar-refractivity contribution in [3.8, 4) is 5.75 Å². The van der Waals surface area contributed by atoms with Gasteiger partial charge in [0.05, 0.1) is 6.67 Å². The fourth-order valence-corrected chi connectivity index (χ4v) is 4.87. The highest BCUT2D eigenvalue weighted by Crippen LogP contribution is 2.51. The topological polar surface area (TPSA) is 50.4 Å². The van der Waals surface area contributed by atoms with Gasteiger partial charge in [0.2, 0.25) is 5.91 Å². The monoisotopic (exact) mass is 364 g/mol. The van der Waals surface area contributed by atoms with Gasteiger partial charge in [-0.15, -0.1) is 0 Å². The molecule has 118 valence electrons. The Balaban J connectivity index is 1.84. The van der Waals surface area contributed by atoms with Gasteiger partial charge in [-0.2, -0.15) is 0 Å². The second kappa shape index (κ2) is 4.96. The maximum Gasteiger partial charge on any atom is 0.246 e. The zero-order valence-corrected chi connectivity index (χ0v) is 14.3. The van der Waals surface area contributed by atoms with Crippen LogP contribution >= 0.6 is 15.9 Å². The maximum atomic E-state index is 12.7. The summed E-state index contributed by atoms with van der Waals surface area (Å²) in [5.41, 5.74) is 0.0995. The van der Waals surface area contributed by atoms with E-state index in [2.05, 4.69) is 33.5 Å². The van der Waals surface area contributed by atoms with Crippen LogP contribution in [0.25, 0.3) is 0 Å². The first kappa shape index (κ1) is 14.5. The molecule has 1 aliphatic carbocycles. The van der Waals surface area contributed by atoms with Gasteiger partial charge in [0.15, 0.2) is 0 Å². The minimum Gasteiger partial charge on any atom is -0.487 e. The van der Waals surface area contributed by atoms with Gasteiger partial charge >= 0.3 is 0 Å². The molecule has 4 rings (SSSR count). The summed E-state index contributed by atoms with van der Waals surface area (Å²) >= 11 is 3.52. The van der Waals surface area contributed by atoms with Gasteiger partial charge in [0.25, 0.3) is 0 Å². The quantitative estimate of drug-likeness (QED) is 0.743. The fraction of sp³-hybridized carbons (Fsp3) is 0.588. The number of halogens is 1. The Bertz CT molecular complexity index is 635. The SMILES string of the molecule is CC1CCCC2(C1)CC1(NCNC1=O)c1cc(Br)ccc1O2. The van der Waals surface area contributed by atoms with Crippen LogP contribution < -0.4 is 15.4 Å². The summed E-state index contributed by atoms with van der Waals surface area (Å²) in [7, 11) is 0. The molecule has 3 atom stereocenters. The van der Waals surface area contributed by atoms with Crippen LogP contribution in [-0.2, 0) is 10.3 Å². The molecule has 0 aromatic heterocycles. The lowest BCUT2D eigenvalue weighted by Gasteiger charge is -2.49. The van der Waals surface area contributed by atoms with Crippen molar-refractivity contribution in [2.24, 2.45) is 5.92 Å². The Labute approximate surface area is 139 Å². The fourth-order valence-electron chi connectivity index (χ4n) is 4.50. The molecule has 3 aliphatic rings. The van der Waals surface area contributed by atoms with Crippen molar-refractivity contribution >= 4 is 21.8 Å². The molecule has 5 heteroatoms. The highest BCUT2D eigenvalue weighted by Gasteiger charge is 2.56. The van der Waals surface area contributed by atoms with Gasteiger partial charge in [-0.25, -0.2) is 0 Å². The smallest absolute Gasteiger partial charge is 0.246 e. The number of nitrogens with one attached hydrogen (secondary N) is 2. The number of carbonyl (C=O) groups is 1. The van der Waals surface area contributed by atoms with Crippen LogP contribution in [0.5, 0.6) is 5.75 Å². The Hall–Kier alpha value is -1.07. The predicted octanol–water partition coefficient (Wildman–Crippen LogP) is 3.05. The number of rotatable bonds is 0. The Morgan fingerprint density at radius 2 is 2.27 bits per heavy atom. The van der Waals surface area contributed by atoms with Crippen molar-refractivity contribution in [2.45, 2.75) is 50.2 Å². The van der Waals surface area contributed by atoms with E-state index < -0.39 is 5.54 Å². The van der Waals surface area contributed by atoms with Gasteiger partial charge in [0.1, 0.15) is 16.9 Å². The molecule has 4 nitrogen and oxygen atoms in total. The second-order valence-corrected chi connectivity index (χ2v) is 7.98. The van der Waals surface area contributed by atoms with Crippen LogP contribution in [-0.4, -0.2) is 18.2 Å². The number of fused-ring (bicyclic) bond motifs is 2. The summed E-state index contributed by atoms with van der Waals surface area (Å²) < 4.78 is 7.46. The van der Waals surface area contributed by atoms with Crippen LogP contribution in [0, 0.1) is 5.92 Å². The van der Waals surface area contributed by atoms with Crippen molar-refractivity contribution in [3.63, 3.8) is 0 Å². The molecule has 0 radical (unpaired) electrons. The lowest BCUT2D eigenvalue weighted by atomic mass is 9.68. The summed E-state index contributed by atoms with van der Waals surface area (Å²) in [4.78, 5) is 12.7. The zero-order chi connectivity index (χ0) is 15.4. The van der Waals surface area contributed by atoms with E-state index in [0.717, 1.165) is 35.0 Å². The molecule has 2 spiro atoms. The van der Waals surface area contributed by atoms with Gasteiger partial charge in [-0.05, 0) is 43.4 Å². The minimum atomic E-state index is -0.644. The van der Waals surface area contributed by atoms with E-state index in [-0.39, 0.29) is 11.5 Å². The van der Waals surface area contributed by atoms with E-state index in [0.29, 0.717) is 12.6 Å². The highest BCUT2D eigenvalue weighted by atomic mass is 79.9. The summed E-state index contributed by atoms with van der Waals surface area (Å²) in [6.45, 7) is 2.81. The minimum absolute atomic E-state index is 0.0766. The van der Waals surface area contributed by atoms with Crippen LogP contribution in [0.1, 0.15) is 44.6 Å². The summed E-state index contributed by atoms with van der Waals surface area (Å²) in [5, 5.41) is 6.38. The molecule has 1 saturated heterocycles. The standard InChI is InChI=1S/C17H21BrN2O2/c1-11-3-2-6-16(8-11)9-17(15(21)19-10-20-17)13-7-12(18)4-5-14(13)22-16/h4-5,7,11,20H,2-3,6,8-10H2,1H3,(H,19,21).